The topological polar surface area (TPSA) is 157 Å². The molecule has 3 saturated carbocycles. The summed E-state index contributed by atoms with van der Waals surface area (Å²) in [6.07, 6.45) is 3.46. The number of hydrogen-bond acceptors (Lipinski definition) is 10. The van der Waals surface area contributed by atoms with Crippen molar-refractivity contribution in [2.45, 2.75) is 62.9 Å². The average molecular weight is 553 g/mol. The Kier molecular flexibility index (Phi) is 6.34. The van der Waals surface area contributed by atoms with Crippen LogP contribution in [0.1, 0.15) is 65.7 Å². The van der Waals surface area contributed by atoms with Crippen LogP contribution in [0.4, 0.5) is 11.4 Å². The van der Waals surface area contributed by atoms with Gasteiger partial charge in [-0.2, -0.15) is 0 Å². The van der Waals surface area contributed by atoms with Crippen LogP contribution in [0.15, 0.2) is 48.5 Å². The number of rotatable bonds is 6. The highest BCUT2D eigenvalue weighted by Gasteiger charge is 2.71. The van der Waals surface area contributed by atoms with Crippen molar-refractivity contribution in [3.05, 3.63) is 79.9 Å². The summed E-state index contributed by atoms with van der Waals surface area (Å²) >= 11 is 0. The Labute approximate surface area is 228 Å². The van der Waals surface area contributed by atoms with E-state index in [0.29, 0.717) is 51.7 Å². The quantitative estimate of drug-likeness (QED) is 0.278. The lowest BCUT2D eigenvalue weighted by molar-refractivity contribution is -0.385. The summed E-state index contributed by atoms with van der Waals surface area (Å²) in [6.45, 7) is 1.03. The van der Waals surface area contributed by atoms with Gasteiger partial charge in [-0.25, -0.2) is 9.59 Å². The lowest BCUT2D eigenvalue weighted by Gasteiger charge is -2.52. The summed E-state index contributed by atoms with van der Waals surface area (Å²) < 4.78 is 24.2. The van der Waals surface area contributed by atoms with E-state index in [9.17, 15) is 29.8 Å². The van der Waals surface area contributed by atoms with Gasteiger partial charge in [0.25, 0.3) is 11.4 Å². The van der Waals surface area contributed by atoms with E-state index >= 15 is 0 Å². The van der Waals surface area contributed by atoms with Crippen LogP contribution in [0.3, 0.4) is 0 Å². The monoisotopic (exact) mass is 552 g/mol. The fourth-order valence-corrected chi connectivity index (χ4v) is 7.58. The van der Waals surface area contributed by atoms with Gasteiger partial charge in [0.05, 0.1) is 34.2 Å². The molecule has 0 N–H and O–H groups in total. The summed E-state index contributed by atoms with van der Waals surface area (Å²) in [5, 5.41) is 22.0. The van der Waals surface area contributed by atoms with E-state index in [2.05, 4.69) is 0 Å². The average Bonchev–Trinajstić information content (AvgIpc) is 3.61. The second-order valence-electron chi connectivity index (χ2n) is 11.2. The molecule has 0 unspecified atom stereocenters. The van der Waals surface area contributed by atoms with E-state index in [1.165, 1.54) is 48.5 Å². The molecule has 2 aromatic carbocycles. The Bertz CT molecular complexity index is 1350. The molecule has 1 heterocycles. The SMILES string of the molecule is O=C(O[C@@H]1C[C@]23CC[C@H](OC(=O)c4ccc([N+](=O)[O-])cc4)[C@]2(CCC2(C3)OCCO2)C1)c1ccc([N+](=O)[O-])cc1. The zero-order chi connectivity index (χ0) is 28.1. The normalized spacial score (nSPS) is 29.9. The van der Waals surface area contributed by atoms with Gasteiger partial charge in [0.1, 0.15) is 12.2 Å². The van der Waals surface area contributed by atoms with Gasteiger partial charge in [-0.3, -0.25) is 20.2 Å². The van der Waals surface area contributed by atoms with Gasteiger partial charge in [0, 0.05) is 42.5 Å². The van der Waals surface area contributed by atoms with Gasteiger partial charge in [0.15, 0.2) is 5.79 Å². The van der Waals surface area contributed by atoms with Gasteiger partial charge in [-0.15, -0.1) is 0 Å². The first-order valence-electron chi connectivity index (χ1n) is 13.3. The van der Waals surface area contributed by atoms with Crippen molar-refractivity contribution in [2.24, 2.45) is 10.8 Å². The molecule has 1 saturated heterocycles. The molecule has 12 heteroatoms. The van der Waals surface area contributed by atoms with Crippen LogP contribution in [0.25, 0.3) is 0 Å². The third kappa shape index (κ3) is 4.31. The van der Waals surface area contributed by atoms with Crippen LogP contribution in [-0.4, -0.2) is 53.0 Å². The van der Waals surface area contributed by atoms with Crippen LogP contribution in [0, 0.1) is 31.1 Å². The van der Waals surface area contributed by atoms with Crippen molar-refractivity contribution in [1.82, 2.24) is 0 Å². The van der Waals surface area contributed by atoms with Crippen LogP contribution in [-0.2, 0) is 18.9 Å². The number of benzene rings is 2. The van der Waals surface area contributed by atoms with Crippen molar-refractivity contribution in [2.75, 3.05) is 13.2 Å². The minimum absolute atomic E-state index is 0.113. The standard InChI is InChI=1S/C28H28N2O10/c31-24(18-1-5-20(6-2-18)29(33)34)39-22-15-26-10-9-23(40-25(32)19-3-7-21(8-4-19)30(35)36)27(26,16-22)11-12-28(17-26)37-13-14-38-28/h1-8,22-23H,9-17H2/t22-,23+,26+,27+/m1/s1. The fraction of sp³-hybridized carbons (Fsp3) is 0.500. The molecular weight excluding hydrogens is 524 g/mol. The van der Waals surface area contributed by atoms with E-state index in [0.717, 1.165) is 6.42 Å². The molecule has 210 valence electrons. The second kappa shape index (κ2) is 9.63. The zero-order valence-electron chi connectivity index (χ0n) is 21.6. The van der Waals surface area contributed by atoms with Crippen molar-refractivity contribution in [3.8, 4) is 0 Å². The van der Waals surface area contributed by atoms with Crippen LogP contribution < -0.4 is 0 Å². The molecule has 3 aliphatic carbocycles. The molecule has 12 nitrogen and oxygen atoms in total. The lowest BCUT2D eigenvalue weighted by atomic mass is 9.57. The molecule has 6 rings (SSSR count). The zero-order valence-corrected chi connectivity index (χ0v) is 21.6. The number of carbonyl (C=O) groups excluding carboxylic acids is 2. The summed E-state index contributed by atoms with van der Waals surface area (Å²) in [5.74, 6) is -1.81. The Balaban J connectivity index is 1.23. The Morgan fingerprint density at radius 2 is 1.32 bits per heavy atom. The second-order valence-corrected chi connectivity index (χ2v) is 11.2. The fourth-order valence-electron chi connectivity index (χ4n) is 7.58. The molecule has 0 radical (unpaired) electrons. The number of non-ortho nitro benzene ring substituents is 2. The summed E-state index contributed by atoms with van der Waals surface area (Å²) in [7, 11) is 0. The van der Waals surface area contributed by atoms with Gasteiger partial charge in [0.2, 0.25) is 0 Å². The lowest BCUT2D eigenvalue weighted by Crippen LogP contribution is -2.52. The minimum atomic E-state index is -0.696. The van der Waals surface area contributed by atoms with Gasteiger partial charge >= 0.3 is 11.9 Å². The predicted octanol–water partition coefficient (Wildman–Crippen LogP) is 4.74. The maximum atomic E-state index is 13.1. The first-order valence-corrected chi connectivity index (χ1v) is 13.3. The van der Waals surface area contributed by atoms with Crippen LogP contribution in [0.5, 0.6) is 0 Å². The number of carbonyl (C=O) groups is 2. The van der Waals surface area contributed by atoms with Gasteiger partial charge in [-0.1, -0.05) is 0 Å². The molecule has 0 aromatic heterocycles. The van der Waals surface area contributed by atoms with Crippen molar-refractivity contribution in [1.29, 1.82) is 0 Å². The molecule has 1 spiro atoms. The molecule has 0 bridgehead atoms. The van der Waals surface area contributed by atoms with Crippen LogP contribution in [0.2, 0.25) is 0 Å². The molecule has 4 aliphatic rings. The maximum absolute atomic E-state index is 13.1. The van der Waals surface area contributed by atoms with Crippen molar-refractivity contribution < 1.29 is 38.4 Å². The minimum Gasteiger partial charge on any atom is -0.459 e. The van der Waals surface area contributed by atoms with Crippen molar-refractivity contribution in [3.63, 3.8) is 0 Å². The first kappa shape index (κ1) is 26.3. The number of ether oxygens (including phenoxy) is 4. The largest absolute Gasteiger partial charge is 0.459 e. The van der Waals surface area contributed by atoms with E-state index in [1.54, 1.807) is 0 Å². The molecule has 4 atom stereocenters. The molecule has 4 fully saturated rings. The van der Waals surface area contributed by atoms with Gasteiger partial charge < -0.3 is 18.9 Å². The Hall–Kier alpha value is -3.90. The third-order valence-corrected chi connectivity index (χ3v) is 9.29. The first-order chi connectivity index (χ1) is 19.1. The number of esters is 2. The van der Waals surface area contributed by atoms with E-state index in [-0.39, 0.29) is 27.9 Å². The highest BCUT2D eigenvalue weighted by atomic mass is 16.7. The number of nitro groups is 2. The van der Waals surface area contributed by atoms with Crippen molar-refractivity contribution >= 4 is 23.3 Å². The number of nitrogens with zero attached hydrogens (tertiary/aromatic N) is 2. The predicted molar refractivity (Wildman–Crippen MR) is 136 cm³/mol. The van der Waals surface area contributed by atoms with Crippen LogP contribution >= 0.6 is 0 Å². The van der Waals surface area contributed by atoms with E-state index in [1.807, 2.05) is 0 Å². The van der Waals surface area contributed by atoms with E-state index < -0.39 is 45.2 Å². The highest BCUT2D eigenvalue weighted by molar-refractivity contribution is 5.90. The summed E-state index contributed by atoms with van der Waals surface area (Å²) in [6, 6.07) is 10.6. The van der Waals surface area contributed by atoms with E-state index in [4.69, 9.17) is 18.9 Å². The molecule has 0 amide bonds. The number of nitro benzene ring substituents is 2. The Morgan fingerprint density at radius 3 is 1.88 bits per heavy atom. The highest BCUT2D eigenvalue weighted by Crippen LogP contribution is 2.72. The smallest absolute Gasteiger partial charge is 0.338 e. The summed E-state index contributed by atoms with van der Waals surface area (Å²) in [4.78, 5) is 47.0. The molecule has 40 heavy (non-hydrogen) atoms. The third-order valence-electron chi connectivity index (χ3n) is 9.29. The number of hydrogen-bond donors (Lipinski definition) is 0. The molecule has 1 aliphatic heterocycles. The molecular formula is C28H28N2O10. The molecule has 2 aromatic rings. The maximum Gasteiger partial charge on any atom is 0.338 e. The summed E-state index contributed by atoms with van der Waals surface area (Å²) in [5.41, 5.74) is -0.567. The Morgan fingerprint density at radius 1 is 0.775 bits per heavy atom. The van der Waals surface area contributed by atoms with Gasteiger partial charge in [-0.05, 0) is 61.8 Å².